The Hall–Kier alpha value is -2.81. The third kappa shape index (κ3) is 5.28. The maximum Gasteiger partial charge on any atom is 0.231 e. The summed E-state index contributed by atoms with van der Waals surface area (Å²) in [6.45, 7) is 2.64. The number of carbonyl (C=O) groups is 1. The average Bonchev–Trinajstić information content (AvgIpc) is 3.41. The largest absolute Gasteiger partial charge is 0.486 e. The summed E-state index contributed by atoms with van der Waals surface area (Å²) < 4.78 is 16.7. The van der Waals surface area contributed by atoms with Crippen LogP contribution in [0.3, 0.4) is 0 Å². The Morgan fingerprint density at radius 2 is 2.06 bits per heavy atom. The highest BCUT2D eigenvalue weighted by atomic mass is 35.5. The summed E-state index contributed by atoms with van der Waals surface area (Å²) in [5.41, 5.74) is 2.34. The first kappa shape index (κ1) is 21.4. The molecule has 0 atom stereocenters. The SMILES string of the molecule is CC(=O)N(Cc1ccc2c(c1)OCO2)Cc1cc(Cl)ccc1OCc1nc(CO)cs1. The molecule has 0 saturated heterocycles. The topological polar surface area (TPSA) is 81.1 Å². The van der Waals surface area contributed by atoms with E-state index in [0.717, 1.165) is 16.1 Å². The highest BCUT2D eigenvalue weighted by Gasteiger charge is 2.18. The summed E-state index contributed by atoms with van der Waals surface area (Å²) in [7, 11) is 0. The van der Waals surface area contributed by atoms with Crippen LogP contribution in [-0.2, 0) is 31.1 Å². The second-order valence-corrected chi connectivity index (χ2v) is 8.37. The fourth-order valence-electron chi connectivity index (χ4n) is 3.18. The van der Waals surface area contributed by atoms with Gasteiger partial charge in [0.15, 0.2) is 11.5 Å². The van der Waals surface area contributed by atoms with E-state index in [2.05, 4.69) is 4.98 Å². The molecule has 31 heavy (non-hydrogen) atoms. The number of fused-ring (bicyclic) bond motifs is 1. The number of aromatic nitrogens is 1. The van der Waals surface area contributed by atoms with Crippen molar-refractivity contribution < 1.29 is 24.1 Å². The van der Waals surface area contributed by atoms with Gasteiger partial charge in [-0.3, -0.25) is 4.79 Å². The third-order valence-electron chi connectivity index (χ3n) is 4.75. The highest BCUT2D eigenvalue weighted by molar-refractivity contribution is 7.09. The summed E-state index contributed by atoms with van der Waals surface area (Å²) in [6, 6.07) is 11.0. The van der Waals surface area contributed by atoms with Gasteiger partial charge in [0.25, 0.3) is 0 Å². The molecule has 0 spiro atoms. The van der Waals surface area contributed by atoms with Gasteiger partial charge in [0.1, 0.15) is 17.4 Å². The van der Waals surface area contributed by atoms with Crippen LogP contribution in [-0.4, -0.2) is 27.7 Å². The Balaban J connectivity index is 1.50. The van der Waals surface area contributed by atoms with Gasteiger partial charge in [-0.05, 0) is 35.9 Å². The van der Waals surface area contributed by atoms with E-state index in [1.54, 1.807) is 28.5 Å². The predicted molar refractivity (Wildman–Crippen MR) is 116 cm³/mol. The van der Waals surface area contributed by atoms with E-state index in [0.29, 0.717) is 41.1 Å². The second kappa shape index (κ2) is 9.55. The molecule has 3 aromatic rings. The maximum absolute atomic E-state index is 12.4. The molecule has 0 unspecified atom stereocenters. The minimum Gasteiger partial charge on any atom is -0.486 e. The standard InChI is InChI=1S/C22H21ClN2O5S/c1-14(27)25(8-15-2-4-20-21(6-15)30-13-29-20)9-16-7-17(23)3-5-19(16)28-11-22-24-18(10-26)12-31-22/h2-7,12,26H,8-11,13H2,1H3. The predicted octanol–water partition coefficient (Wildman–Crippen LogP) is 4.15. The second-order valence-electron chi connectivity index (χ2n) is 6.99. The normalized spacial score (nSPS) is 12.1. The zero-order valence-electron chi connectivity index (χ0n) is 16.8. The van der Waals surface area contributed by atoms with E-state index in [-0.39, 0.29) is 25.9 Å². The number of aliphatic hydroxyl groups is 1. The minimum absolute atomic E-state index is 0.0731. The lowest BCUT2D eigenvalue weighted by Gasteiger charge is -2.23. The monoisotopic (exact) mass is 460 g/mol. The van der Waals surface area contributed by atoms with Crippen LogP contribution >= 0.6 is 22.9 Å². The number of halogens is 1. The Morgan fingerprint density at radius 3 is 2.84 bits per heavy atom. The lowest BCUT2D eigenvalue weighted by atomic mass is 10.1. The van der Waals surface area contributed by atoms with Gasteiger partial charge in [-0.1, -0.05) is 17.7 Å². The molecule has 2 heterocycles. The maximum atomic E-state index is 12.4. The first-order valence-electron chi connectivity index (χ1n) is 9.61. The van der Waals surface area contributed by atoms with Crippen molar-refractivity contribution in [1.29, 1.82) is 0 Å². The Morgan fingerprint density at radius 1 is 1.23 bits per heavy atom. The fraction of sp³-hybridized carbons (Fsp3) is 0.273. The van der Waals surface area contributed by atoms with Gasteiger partial charge < -0.3 is 24.2 Å². The van der Waals surface area contributed by atoms with E-state index < -0.39 is 0 Å². The molecule has 1 aliphatic rings. The number of thiazole rings is 1. The van der Waals surface area contributed by atoms with E-state index >= 15 is 0 Å². The van der Waals surface area contributed by atoms with Crippen LogP contribution in [0.2, 0.25) is 5.02 Å². The Kier molecular flexibility index (Phi) is 6.60. The zero-order valence-corrected chi connectivity index (χ0v) is 18.4. The van der Waals surface area contributed by atoms with Crippen molar-refractivity contribution in [3.8, 4) is 17.2 Å². The van der Waals surface area contributed by atoms with E-state index in [1.165, 1.54) is 18.3 Å². The van der Waals surface area contributed by atoms with E-state index in [1.807, 2.05) is 18.2 Å². The number of rotatable bonds is 8. The highest BCUT2D eigenvalue weighted by Crippen LogP contribution is 2.33. The smallest absolute Gasteiger partial charge is 0.231 e. The van der Waals surface area contributed by atoms with Crippen LogP contribution in [0.25, 0.3) is 0 Å². The van der Waals surface area contributed by atoms with Gasteiger partial charge in [-0.2, -0.15) is 0 Å². The lowest BCUT2D eigenvalue weighted by Crippen LogP contribution is -2.28. The summed E-state index contributed by atoms with van der Waals surface area (Å²) in [4.78, 5) is 18.4. The number of hydrogen-bond donors (Lipinski definition) is 1. The Bertz CT molecular complexity index is 1090. The molecule has 0 bridgehead atoms. The molecule has 0 fully saturated rings. The molecular formula is C22H21ClN2O5S. The number of aliphatic hydroxyl groups excluding tert-OH is 1. The zero-order chi connectivity index (χ0) is 21.8. The molecule has 9 heteroatoms. The van der Waals surface area contributed by atoms with Crippen molar-refractivity contribution in [2.24, 2.45) is 0 Å². The van der Waals surface area contributed by atoms with Crippen molar-refractivity contribution in [3.63, 3.8) is 0 Å². The van der Waals surface area contributed by atoms with Crippen LogP contribution in [0, 0.1) is 0 Å². The van der Waals surface area contributed by atoms with E-state index in [4.69, 9.17) is 25.8 Å². The lowest BCUT2D eigenvalue weighted by molar-refractivity contribution is -0.130. The van der Waals surface area contributed by atoms with Gasteiger partial charge in [-0.25, -0.2) is 4.98 Å². The van der Waals surface area contributed by atoms with Crippen molar-refractivity contribution in [1.82, 2.24) is 9.88 Å². The quantitative estimate of drug-likeness (QED) is 0.544. The number of nitrogens with zero attached hydrogens (tertiary/aromatic N) is 2. The van der Waals surface area contributed by atoms with Crippen LogP contribution in [0.15, 0.2) is 41.8 Å². The Labute approximate surface area is 188 Å². The molecule has 1 amide bonds. The first-order valence-corrected chi connectivity index (χ1v) is 10.9. The van der Waals surface area contributed by atoms with Gasteiger partial charge >= 0.3 is 0 Å². The van der Waals surface area contributed by atoms with Crippen molar-refractivity contribution in [3.05, 3.63) is 68.6 Å². The summed E-state index contributed by atoms with van der Waals surface area (Å²) in [6.07, 6.45) is 0. The van der Waals surface area contributed by atoms with Crippen molar-refractivity contribution in [2.45, 2.75) is 33.2 Å². The molecule has 1 N–H and O–H groups in total. The molecule has 162 valence electrons. The molecule has 0 saturated carbocycles. The van der Waals surface area contributed by atoms with Crippen LogP contribution in [0.5, 0.6) is 17.2 Å². The summed E-state index contributed by atoms with van der Waals surface area (Å²) in [5, 5.41) is 12.3. The van der Waals surface area contributed by atoms with Gasteiger partial charge in [0.05, 0.1) is 12.3 Å². The number of carbonyl (C=O) groups excluding carboxylic acids is 1. The third-order valence-corrected chi connectivity index (χ3v) is 5.86. The van der Waals surface area contributed by atoms with Crippen LogP contribution in [0.1, 0.15) is 28.8 Å². The number of amides is 1. The molecule has 2 aromatic carbocycles. The molecule has 1 aliphatic heterocycles. The molecule has 7 nitrogen and oxygen atoms in total. The number of ether oxygens (including phenoxy) is 3. The van der Waals surface area contributed by atoms with E-state index in [9.17, 15) is 9.90 Å². The van der Waals surface area contributed by atoms with Gasteiger partial charge in [0.2, 0.25) is 12.7 Å². The van der Waals surface area contributed by atoms with Crippen molar-refractivity contribution >= 4 is 28.8 Å². The van der Waals surface area contributed by atoms with Crippen LogP contribution < -0.4 is 14.2 Å². The summed E-state index contributed by atoms with van der Waals surface area (Å²) in [5.74, 6) is 1.94. The molecular weight excluding hydrogens is 440 g/mol. The average molecular weight is 461 g/mol. The van der Waals surface area contributed by atoms with Crippen molar-refractivity contribution in [2.75, 3.05) is 6.79 Å². The van der Waals surface area contributed by atoms with Crippen LogP contribution in [0.4, 0.5) is 0 Å². The van der Waals surface area contributed by atoms with Gasteiger partial charge in [-0.15, -0.1) is 11.3 Å². The fourth-order valence-corrected chi connectivity index (χ4v) is 4.07. The minimum atomic E-state index is -0.101. The first-order chi connectivity index (χ1) is 15.0. The molecule has 0 radical (unpaired) electrons. The molecule has 1 aromatic heterocycles. The number of benzene rings is 2. The number of hydrogen-bond acceptors (Lipinski definition) is 7. The summed E-state index contributed by atoms with van der Waals surface area (Å²) >= 11 is 7.64. The van der Waals surface area contributed by atoms with Gasteiger partial charge in [0, 0.05) is 36.0 Å². The molecule has 0 aliphatic carbocycles. The molecule has 4 rings (SSSR count).